The zero-order chi connectivity index (χ0) is 15.1. The van der Waals surface area contributed by atoms with Crippen LogP contribution in [0.15, 0.2) is 12.7 Å². The minimum absolute atomic E-state index is 0.376. The first-order valence-corrected chi connectivity index (χ1v) is 6.52. The van der Waals surface area contributed by atoms with Gasteiger partial charge in [-0.05, 0) is 0 Å². The molecule has 4 atom stereocenters. The van der Waals surface area contributed by atoms with E-state index in [1.807, 2.05) is 14.1 Å². The summed E-state index contributed by atoms with van der Waals surface area (Å²) in [5.74, 6) is 0.644. The van der Waals surface area contributed by atoms with Gasteiger partial charge in [0.05, 0.1) is 12.9 Å². The predicted octanol–water partition coefficient (Wildman–Crippen LogP) is -1.50. The topological polar surface area (TPSA) is 117 Å². The van der Waals surface area contributed by atoms with Gasteiger partial charge in [-0.1, -0.05) is 0 Å². The number of hydrogen-bond donors (Lipinski definition) is 3. The van der Waals surface area contributed by atoms with Gasteiger partial charge in [-0.25, -0.2) is 15.0 Å². The van der Waals surface area contributed by atoms with Crippen molar-refractivity contribution < 1.29 is 20.1 Å². The minimum Gasteiger partial charge on any atom is -0.394 e. The Morgan fingerprint density at radius 1 is 1.24 bits per heavy atom. The molecule has 114 valence electrons. The summed E-state index contributed by atoms with van der Waals surface area (Å²) < 4.78 is 7.02. The number of ether oxygens (including phenoxy) is 1. The lowest BCUT2D eigenvalue weighted by Crippen LogP contribution is -2.33. The van der Waals surface area contributed by atoms with Crippen LogP contribution in [0.25, 0.3) is 11.2 Å². The van der Waals surface area contributed by atoms with Crippen LogP contribution in [0.1, 0.15) is 6.23 Å². The summed E-state index contributed by atoms with van der Waals surface area (Å²) >= 11 is 0. The van der Waals surface area contributed by atoms with E-state index in [0.717, 1.165) is 0 Å². The van der Waals surface area contributed by atoms with Crippen LogP contribution in [0.2, 0.25) is 0 Å². The van der Waals surface area contributed by atoms with Crippen molar-refractivity contribution in [3.63, 3.8) is 0 Å². The number of anilines is 1. The molecule has 9 nitrogen and oxygen atoms in total. The Labute approximate surface area is 120 Å². The Hall–Kier alpha value is -1.81. The lowest BCUT2D eigenvalue weighted by atomic mass is 10.1. The van der Waals surface area contributed by atoms with Crippen molar-refractivity contribution in [2.45, 2.75) is 24.5 Å². The maximum absolute atomic E-state index is 10.1. The molecule has 21 heavy (non-hydrogen) atoms. The molecule has 0 amide bonds. The smallest absolute Gasteiger partial charge is 0.167 e. The van der Waals surface area contributed by atoms with Gasteiger partial charge in [-0.15, -0.1) is 0 Å². The first-order chi connectivity index (χ1) is 10.0. The van der Waals surface area contributed by atoms with Crippen molar-refractivity contribution in [2.75, 3.05) is 25.6 Å². The zero-order valence-corrected chi connectivity index (χ0v) is 11.7. The molecular formula is C12H17N5O4. The highest BCUT2D eigenvalue weighted by atomic mass is 16.6. The van der Waals surface area contributed by atoms with E-state index in [4.69, 9.17) is 9.84 Å². The van der Waals surface area contributed by atoms with Crippen LogP contribution in [-0.4, -0.2) is 73.9 Å². The minimum atomic E-state index is -1.17. The van der Waals surface area contributed by atoms with Gasteiger partial charge < -0.3 is 25.0 Å². The average molecular weight is 295 g/mol. The van der Waals surface area contributed by atoms with E-state index < -0.39 is 24.5 Å². The zero-order valence-electron chi connectivity index (χ0n) is 11.7. The first-order valence-electron chi connectivity index (χ1n) is 6.52. The van der Waals surface area contributed by atoms with Crippen molar-refractivity contribution in [2.24, 2.45) is 0 Å². The highest BCUT2D eigenvalue weighted by Gasteiger charge is 2.44. The summed E-state index contributed by atoms with van der Waals surface area (Å²) in [6.07, 6.45) is -1.14. The predicted molar refractivity (Wildman–Crippen MR) is 72.7 cm³/mol. The molecule has 9 heteroatoms. The molecule has 0 aromatic carbocycles. The third-order valence-electron chi connectivity index (χ3n) is 3.55. The van der Waals surface area contributed by atoms with Gasteiger partial charge in [-0.3, -0.25) is 4.57 Å². The van der Waals surface area contributed by atoms with Crippen LogP contribution in [-0.2, 0) is 4.74 Å². The molecule has 3 rings (SSSR count). The van der Waals surface area contributed by atoms with Crippen molar-refractivity contribution in [1.29, 1.82) is 0 Å². The Balaban J connectivity index is 2.04. The molecule has 1 aliphatic heterocycles. The second kappa shape index (κ2) is 5.19. The van der Waals surface area contributed by atoms with Gasteiger partial charge in [0.2, 0.25) is 0 Å². The molecule has 1 aliphatic rings. The monoisotopic (exact) mass is 295 g/mol. The Kier molecular flexibility index (Phi) is 3.49. The highest BCUT2D eigenvalue weighted by molar-refractivity contribution is 5.83. The third kappa shape index (κ3) is 2.14. The van der Waals surface area contributed by atoms with Gasteiger partial charge in [0.15, 0.2) is 23.2 Å². The molecular weight excluding hydrogens is 278 g/mol. The fourth-order valence-corrected chi connectivity index (χ4v) is 2.46. The van der Waals surface area contributed by atoms with E-state index in [-0.39, 0.29) is 6.61 Å². The fourth-order valence-electron chi connectivity index (χ4n) is 2.46. The molecule has 1 fully saturated rings. The van der Waals surface area contributed by atoms with E-state index in [9.17, 15) is 10.2 Å². The summed E-state index contributed by atoms with van der Waals surface area (Å²) in [6.45, 7) is -0.376. The summed E-state index contributed by atoms with van der Waals surface area (Å²) in [4.78, 5) is 14.4. The molecule has 0 radical (unpaired) electrons. The van der Waals surface area contributed by atoms with Crippen LogP contribution in [0.5, 0.6) is 0 Å². The SMILES string of the molecule is CN(C)c1ncnc2c1ncn2[C@@H]1O[C@@H](CO)[C@H](O)[C@@H]1O. The Bertz CT molecular complexity index is 646. The first kappa shape index (κ1) is 14.1. The largest absolute Gasteiger partial charge is 0.394 e. The number of nitrogens with zero attached hydrogens (tertiary/aromatic N) is 5. The summed E-state index contributed by atoms with van der Waals surface area (Å²) in [5, 5.41) is 29.1. The van der Waals surface area contributed by atoms with E-state index in [0.29, 0.717) is 17.0 Å². The van der Waals surface area contributed by atoms with E-state index in [2.05, 4.69) is 15.0 Å². The fraction of sp³-hybridized carbons (Fsp3) is 0.583. The molecule has 2 aromatic heterocycles. The molecule has 0 unspecified atom stereocenters. The third-order valence-corrected chi connectivity index (χ3v) is 3.55. The molecule has 0 saturated carbocycles. The Morgan fingerprint density at radius 3 is 2.62 bits per heavy atom. The van der Waals surface area contributed by atoms with Crippen LogP contribution in [0.3, 0.4) is 0 Å². The van der Waals surface area contributed by atoms with Crippen LogP contribution in [0.4, 0.5) is 5.82 Å². The quantitative estimate of drug-likeness (QED) is 0.626. The lowest BCUT2D eigenvalue weighted by Gasteiger charge is -2.17. The number of fused-ring (bicyclic) bond motifs is 1. The van der Waals surface area contributed by atoms with Crippen molar-refractivity contribution >= 4 is 17.0 Å². The van der Waals surface area contributed by atoms with E-state index in [1.54, 1.807) is 4.90 Å². The normalized spacial score (nSPS) is 29.2. The number of rotatable bonds is 3. The highest BCUT2D eigenvalue weighted by Crippen LogP contribution is 2.32. The maximum atomic E-state index is 10.1. The van der Waals surface area contributed by atoms with Gasteiger partial charge in [-0.2, -0.15) is 0 Å². The molecule has 0 bridgehead atoms. The average Bonchev–Trinajstić information content (AvgIpc) is 3.01. The Morgan fingerprint density at radius 2 is 2.00 bits per heavy atom. The number of hydrogen-bond acceptors (Lipinski definition) is 8. The standard InChI is InChI=1S/C12H17N5O4/c1-16(2)10-7-11(14-4-13-10)17(5-15-7)12-9(20)8(19)6(3-18)21-12/h4-6,8-9,12,18-20H,3H2,1-2H3/t6-,8-,9-,12+/m0/s1. The number of aromatic nitrogens is 4. The molecule has 2 aromatic rings. The molecule has 3 heterocycles. The summed E-state index contributed by atoms with van der Waals surface area (Å²) in [5.41, 5.74) is 1.06. The maximum Gasteiger partial charge on any atom is 0.167 e. The van der Waals surface area contributed by atoms with Crippen molar-refractivity contribution in [1.82, 2.24) is 19.5 Å². The molecule has 1 saturated heterocycles. The number of imidazole rings is 1. The molecule has 3 N–H and O–H groups in total. The second-order valence-electron chi connectivity index (χ2n) is 5.14. The molecule has 0 spiro atoms. The number of aliphatic hydroxyl groups is 3. The second-order valence-corrected chi connectivity index (χ2v) is 5.14. The van der Waals surface area contributed by atoms with Crippen LogP contribution < -0.4 is 4.90 Å². The van der Waals surface area contributed by atoms with Crippen LogP contribution in [0, 0.1) is 0 Å². The van der Waals surface area contributed by atoms with Gasteiger partial charge in [0, 0.05) is 14.1 Å². The summed E-state index contributed by atoms with van der Waals surface area (Å²) in [6, 6.07) is 0. The van der Waals surface area contributed by atoms with Gasteiger partial charge >= 0.3 is 0 Å². The van der Waals surface area contributed by atoms with E-state index >= 15 is 0 Å². The summed E-state index contributed by atoms with van der Waals surface area (Å²) in [7, 11) is 3.68. The van der Waals surface area contributed by atoms with Crippen molar-refractivity contribution in [3.8, 4) is 0 Å². The van der Waals surface area contributed by atoms with E-state index in [1.165, 1.54) is 17.2 Å². The van der Waals surface area contributed by atoms with Gasteiger partial charge in [0.25, 0.3) is 0 Å². The van der Waals surface area contributed by atoms with Crippen molar-refractivity contribution in [3.05, 3.63) is 12.7 Å². The number of aliphatic hydroxyl groups excluding tert-OH is 3. The van der Waals surface area contributed by atoms with Crippen LogP contribution >= 0.6 is 0 Å². The van der Waals surface area contributed by atoms with Gasteiger partial charge in [0.1, 0.15) is 24.6 Å². The lowest BCUT2D eigenvalue weighted by molar-refractivity contribution is -0.0511. The molecule has 0 aliphatic carbocycles.